The number of benzene rings is 18. The first-order chi connectivity index (χ1) is 65.5. The Morgan fingerprint density at radius 3 is 0.576 bits per heavy atom. The maximum Gasteiger partial charge on any atom is 0.234 e. The summed E-state index contributed by atoms with van der Waals surface area (Å²) in [5.41, 5.74) is 30.5. The number of para-hydroxylation sites is 7. The molecule has 0 fully saturated rings. The van der Waals surface area contributed by atoms with Crippen molar-refractivity contribution in [1.82, 2.24) is 57.3 Å². The molecule has 12 nitrogen and oxygen atoms in total. The second-order valence-corrected chi connectivity index (χ2v) is 33.3. The van der Waals surface area contributed by atoms with Crippen molar-refractivity contribution in [1.29, 1.82) is 0 Å². The fourth-order valence-corrected chi connectivity index (χ4v) is 19.9. The number of nitrogens with zero attached hydrogens (tertiary/aromatic N) is 12. The van der Waals surface area contributed by atoms with Crippen LogP contribution in [0.2, 0.25) is 0 Å². The predicted octanol–water partition coefficient (Wildman–Crippen LogP) is 30.0. The van der Waals surface area contributed by atoms with Gasteiger partial charge in [-0.25, -0.2) is 29.9 Å². The molecule has 0 aliphatic rings. The van der Waals surface area contributed by atoms with Gasteiger partial charge in [-0.15, -0.1) is 0 Å². The van der Waals surface area contributed by atoms with E-state index >= 15 is 0 Å². The lowest BCUT2D eigenvalue weighted by molar-refractivity contribution is 0.992. The number of rotatable bonds is 12. The lowest BCUT2D eigenvalue weighted by Gasteiger charge is -2.10. The Kier molecular flexibility index (Phi) is 18.6. The second-order valence-electron chi connectivity index (χ2n) is 33.3. The molecule has 0 amide bonds. The molecule has 9 heterocycles. The molecule has 0 bridgehead atoms. The highest BCUT2D eigenvalue weighted by atomic mass is 15.2. The van der Waals surface area contributed by atoms with E-state index in [0.717, 1.165) is 106 Å². The molecular weight excluding hydrogens is 1610 g/mol. The van der Waals surface area contributed by atoms with Crippen LogP contribution < -0.4 is 0 Å². The van der Waals surface area contributed by atoms with Gasteiger partial charge in [-0.3, -0.25) is 13.7 Å². The van der Waals surface area contributed by atoms with Gasteiger partial charge in [0.05, 0.1) is 66.2 Å². The minimum atomic E-state index is 0.650. The second kappa shape index (κ2) is 32.1. The van der Waals surface area contributed by atoms with E-state index in [2.05, 4.69) is 422 Å². The van der Waals surface area contributed by atoms with Crippen LogP contribution >= 0.6 is 0 Å². The molecule has 0 saturated carbocycles. The van der Waals surface area contributed by atoms with Gasteiger partial charge in [-0.1, -0.05) is 346 Å². The molecule has 0 saturated heterocycles. The van der Waals surface area contributed by atoms with Crippen LogP contribution in [0, 0.1) is 0 Å². The van der Waals surface area contributed by atoms with Gasteiger partial charge < -0.3 is 13.7 Å². The van der Waals surface area contributed by atoms with Crippen LogP contribution in [0.4, 0.5) is 0 Å². The van der Waals surface area contributed by atoms with Crippen molar-refractivity contribution in [2.24, 2.45) is 0 Å². The maximum atomic E-state index is 5.01. The molecule has 132 heavy (non-hydrogen) atoms. The highest BCUT2D eigenvalue weighted by Gasteiger charge is 2.27. The lowest BCUT2D eigenvalue weighted by Crippen LogP contribution is -2.01. The van der Waals surface area contributed by atoms with E-state index in [-0.39, 0.29) is 0 Å². The normalized spacial score (nSPS) is 11.6. The van der Waals surface area contributed by atoms with E-state index in [0.29, 0.717) is 17.8 Å². The molecule has 0 unspecified atom stereocenters. The van der Waals surface area contributed by atoms with Gasteiger partial charge in [-0.2, -0.15) is 0 Å². The van der Waals surface area contributed by atoms with Crippen molar-refractivity contribution in [3.05, 3.63) is 474 Å². The van der Waals surface area contributed by atoms with Crippen LogP contribution in [0.25, 0.3) is 233 Å². The van der Waals surface area contributed by atoms with Crippen LogP contribution in [0.1, 0.15) is 0 Å². The Balaban J connectivity index is 0.000000107. The molecule has 0 spiro atoms. The molecule has 0 aliphatic heterocycles. The number of fused-ring (bicyclic) bond motifs is 21. The molecule has 27 rings (SSSR count). The van der Waals surface area contributed by atoms with Gasteiger partial charge in [0.2, 0.25) is 17.8 Å². The fourth-order valence-electron chi connectivity index (χ4n) is 19.9. The summed E-state index contributed by atoms with van der Waals surface area (Å²) in [6.07, 6.45) is 11.6. The highest BCUT2D eigenvalue weighted by Crippen LogP contribution is 2.47. The SMILES string of the molecule is c1ccc(-c2ccc(-c3cnc(-n4c5ccccc5c5ccc6c(c7ccccc7n6-c6ccc(-c7ccccc7)cc6)c54)nc3)cc2)cc1.c1ccc(-c2ccc(-n3c4ccccc4c4c3ccc3c5ccccc5n(-c5ncc(-c6ccccc6)cn5)c34)cc2)cc1.c1ccc(-c2cnc(-n3c4ccccc4c4ccc5c(c6ccccc6n5-c5ccccc5)c43)nc2)cc1. The van der Waals surface area contributed by atoms with Crippen molar-refractivity contribution in [2.75, 3.05) is 0 Å². The lowest BCUT2D eigenvalue weighted by atomic mass is 10.0. The molecular formula is C120H78N12. The number of hydrogen-bond acceptors (Lipinski definition) is 6. The van der Waals surface area contributed by atoms with E-state index in [1.54, 1.807) is 0 Å². The van der Waals surface area contributed by atoms with E-state index in [4.69, 9.17) is 29.9 Å². The Hall–Kier alpha value is -18.0. The van der Waals surface area contributed by atoms with Crippen LogP contribution in [0.5, 0.6) is 0 Å². The molecule has 0 atom stereocenters. The average molecular weight is 1690 g/mol. The van der Waals surface area contributed by atoms with Crippen LogP contribution in [0.3, 0.4) is 0 Å². The molecule has 618 valence electrons. The van der Waals surface area contributed by atoms with Crippen molar-refractivity contribution < 1.29 is 0 Å². The zero-order valence-electron chi connectivity index (χ0n) is 71.4. The predicted molar refractivity (Wildman–Crippen MR) is 545 cm³/mol. The smallest absolute Gasteiger partial charge is 0.234 e. The molecule has 0 aliphatic carbocycles. The summed E-state index contributed by atoms with van der Waals surface area (Å²) in [5.74, 6) is 1.98. The first-order valence-corrected chi connectivity index (χ1v) is 44.5. The molecule has 27 aromatic rings. The van der Waals surface area contributed by atoms with Crippen molar-refractivity contribution >= 4 is 131 Å². The van der Waals surface area contributed by atoms with Gasteiger partial charge in [0.1, 0.15) is 0 Å². The highest BCUT2D eigenvalue weighted by molar-refractivity contribution is 6.29. The van der Waals surface area contributed by atoms with Crippen LogP contribution in [-0.2, 0) is 0 Å². The third-order valence-corrected chi connectivity index (χ3v) is 25.9. The first-order valence-electron chi connectivity index (χ1n) is 44.5. The molecule has 12 heteroatoms. The van der Waals surface area contributed by atoms with Gasteiger partial charge in [0.25, 0.3) is 0 Å². The van der Waals surface area contributed by atoms with Gasteiger partial charge >= 0.3 is 0 Å². The average Bonchev–Trinajstić information content (AvgIpc) is 1.55. The Labute approximate surface area is 758 Å². The fraction of sp³-hybridized carbons (Fsp3) is 0. The van der Waals surface area contributed by atoms with E-state index in [1.165, 1.54) is 109 Å². The summed E-state index contributed by atoms with van der Waals surface area (Å²) in [6, 6.07) is 154. The third kappa shape index (κ3) is 12.9. The standard InChI is InChI=1S/C46H30N4.C40H26N4.C34H22N4/c1-3-11-31(12-4-1)33-19-21-35(22-20-33)36-29-47-46(48-30-36)50-41-17-9-7-15-38(41)39-27-28-43-44(45(39)50)40-16-8-10-18-42(40)49(43)37-25-23-34(24-26-37)32-13-5-2-6-14-32;1-3-11-27(12-4-1)29-19-21-31(22-20-29)43-36-18-10-8-16-34(36)38-37(43)24-23-33-32-15-7-9-17-35(32)44(39(33)38)40-41-25-30(26-42-40)28-13-5-2-6-14-28;1-3-11-23(12-4-1)24-21-35-34(36-22-24)38-29-17-9-7-15-26(29)27-19-20-31-32(33(27)38)28-16-8-10-18-30(28)37(31)25-13-5-2-6-14-25/h1-30H;1-26H;1-22H. The number of aromatic nitrogens is 12. The summed E-state index contributed by atoms with van der Waals surface area (Å²) >= 11 is 0. The summed E-state index contributed by atoms with van der Waals surface area (Å²) in [6.45, 7) is 0. The van der Waals surface area contributed by atoms with E-state index < -0.39 is 0 Å². The third-order valence-electron chi connectivity index (χ3n) is 25.9. The van der Waals surface area contributed by atoms with Crippen LogP contribution in [-0.4, -0.2) is 57.3 Å². The topological polar surface area (TPSA) is 107 Å². The maximum absolute atomic E-state index is 5.01. The summed E-state index contributed by atoms with van der Waals surface area (Å²) < 4.78 is 13.8. The first kappa shape index (κ1) is 76.4. The van der Waals surface area contributed by atoms with Crippen LogP contribution in [0.15, 0.2) is 474 Å². The molecule has 18 aromatic carbocycles. The van der Waals surface area contributed by atoms with Crippen molar-refractivity contribution in [3.63, 3.8) is 0 Å². The van der Waals surface area contributed by atoms with E-state index in [1.807, 2.05) is 79.6 Å². The Morgan fingerprint density at radius 2 is 0.311 bits per heavy atom. The summed E-state index contributed by atoms with van der Waals surface area (Å²) in [4.78, 5) is 29.7. The van der Waals surface area contributed by atoms with Gasteiger partial charge in [-0.05, 0) is 141 Å². The molecule has 0 N–H and O–H groups in total. The van der Waals surface area contributed by atoms with Crippen molar-refractivity contribution in [3.8, 4) is 102 Å². The van der Waals surface area contributed by atoms with E-state index in [9.17, 15) is 0 Å². The minimum absolute atomic E-state index is 0.650. The van der Waals surface area contributed by atoms with Gasteiger partial charge in [0, 0.05) is 136 Å². The molecule has 0 radical (unpaired) electrons. The Morgan fingerprint density at radius 1 is 0.121 bits per heavy atom. The quantitative estimate of drug-likeness (QED) is 0.121. The summed E-state index contributed by atoms with van der Waals surface area (Å²) in [7, 11) is 0. The minimum Gasteiger partial charge on any atom is -0.309 e. The largest absolute Gasteiger partial charge is 0.309 e. The van der Waals surface area contributed by atoms with Crippen molar-refractivity contribution in [2.45, 2.75) is 0 Å². The zero-order chi connectivity index (χ0) is 87.1. The Bertz CT molecular complexity index is 9040. The summed E-state index contributed by atoms with van der Waals surface area (Å²) in [5, 5.41) is 14.3. The monoisotopic (exact) mass is 1690 g/mol. The number of hydrogen-bond donors (Lipinski definition) is 0. The zero-order valence-corrected chi connectivity index (χ0v) is 71.4. The van der Waals surface area contributed by atoms with Gasteiger partial charge in [0.15, 0.2) is 0 Å². The molecule has 9 aromatic heterocycles.